The third-order valence-electron chi connectivity index (χ3n) is 2.25. The normalized spacial score (nSPS) is 24.9. The first-order valence-corrected chi connectivity index (χ1v) is 5.12. The van der Waals surface area contributed by atoms with Crippen molar-refractivity contribution in [2.75, 3.05) is 6.61 Å². The van der Waals surface area contributed by atoms with Gasteiger partial charge in [0.25, 0.3) is 0 Å². The van der Waals surface area contributed by atoms with Crippen LogP contribution in [0.15, 0.2) is 0 Å². The molecule has 4 N–H and O–H groups in total. The summed E-state index contributed by atoms with van der Waals surface area (Å²) in [5, 5.41) is 35.9. The Labute approximate surface area is 93.1 Å². The number of alkyl halides is 2. The number of halogens is 2. The van der Waals surface area contributed by atoms with Gasteiger partial charge in [0.1, 0.15) is 11.7 Å². The molecule has 14 heavy (non-hydrogen) atoms. The maximum absolute atomic E-state index is 9.73. The second-order valence-corrected chi connectivity index (χ2v) is 4.72. The van der Waals surface area contributed by atoms with E-state index in [-0.39, 0.29) is 0 Å². The molecule has 5 atom stereocenters. The molecule has 0 aliphatic rings. The van der Waals surface area contributed by atoms with Crippen LogP contribution in [0.1, 0.15) is 13.8 Å². The van der Waals surface area contributed by atoms with Crippen molar-refractivity contribution >= 4 is 23.2 Å². The Kier molecular flexibility index (Phi) is 5.65. The van der Waals surface area contributed by atoms with Gasteiger partial charge in [-0.3, -0.25) is 0 Å². The molecular formula is C8H16Cl2O4. The summed E-state index contributed by atoms with van der Waals surface area (Å²) < 4.78 is 0. The fourth-order valence-electron chi connectivity index (χ4n) is 1.00. The molecule has 0 spiro atoms. The van der Waals surface area contributed by atoms with Gasteiger partial charge in [0.2, 0.25) is 0 Å². The Morgan fingerprint density at radius 2 is 1.64 bits per heavy atom. The van der Waals surface area contributed by atoms with Crippen molar-refractivity contribution in [3.05, 3.63) is 0 Å². The quantitative estimate of drug-likeness (QED) is 0.502. The van der Waals surface area contributed by atoms with Gasteiger partial charge in [-0.1, -0.05) is 0 Å². The lowest BCUT2D eigenvalue weighted by molar-refractivity contribution is -0.144. The van der Waals surface area contributed by atoms with Crippen LogP contribution in [0.2, 0.25) is 0 Å². The highest BCUT2D eigenvalue weighted by atomic mass is 35.5. The summed E-state index contributed by atoms with van der Waals surface area (Å²) in [4.78, 5) is 0. The van der Waals surface area contributed by atoms with Crippen LogP contribution in [-0.4, -0.2) is 55.6 Å². The molecule has 0 radical (unpaired) electrons. The van der Waals surface area contributed by atoms with Crippen molar-refractivity contribution in [3.63, 3.8) is 0 Å². The predicted molar refractivity (Wildman–Crippen MR) is 54.7 cm³/mol. The Morgan fingerprint density at radius 1 is 1.21 bits per heavy atom. The Balaban J connectivity index is 4.69. The first-order valence-electron chi connectivity index (χ1n) is 4.24. The summed E-state index contributed by atoms with van der Waals surface area (Å²) in [6.07, 6.45) is -2.94. The van der Waals surface area contributed by atoms with Crippen LogP contribution in [0, 0.1) is 0 Å². The van der Waals surface area contributed by atoms with Crippen LogP contribution in [0.5, 0.6) is 0 Å². The molecule has 86 valence electrons. The summed E-state index contributed by atoms with van der Waals surface area (Å²) in [6.45, 7) is 2.12. The second kappa shape index (κ2) is 5.49. The van der Waals surface area contributed by atoms with Gasteiger partial charge in [-0.05, 0) is 13.8 Å². The summed E-state index contributed by atoms with van der Waals surface area (Å²) >= 11 is 11.1. The molecule has 0 saturated carbocycles. The number of hydrogen-bond donors (Lipinski definition) is 4. The van der Waals surface area contributed by atoms with E-state index >= 15 is 0 Å². The largest absolute Gasteiger partial charge is 0.393 e. The lowest BCUT2D eigenvalue weighted by atomic mass is 9.89. The smallest absolute Gasteiger partial charge is 0.132 e. The predicted octanol–water partition coefficient (Wildman–Crippen LogP) is -0.314. The molecule has 0 amide bonds. The fourth-order valence-corrected chi connectivity index (χ4v) is 1.34. The highest BCUT2D eigenvalue weighted by molar-refractivity contribution is 6.21. The van der Waals surface area contributed by atoms with Crippen LogP contribution >= 0.6 is 23.2 Å². The topological polar surface area (TPSA) is 80.9 Å². The standard InChI is InChI=1S/C8H16Cl2O4/c1-4(9)6(12)7(13)8(14,3-11)5(2)10/h4-7,11-14H,3H2,1-2H3. The first-order chi connectivity index (χ1) is 6.27. The molecule has 6 heteroatoms. The van der Waals surface area contributed by atoms with E-state index in [4.69, 9.17) is 28.3 Å². The number of aliphatic hydroxyl groups excluding tert-OH is 3. The van der Waals surface area contributed by atoms with Gasteiger partial charge in [0, 0.05) is 0 Å². The third kappa shape index (κ3) is 2.95. The molecule has 0 aromatic heterocycles. The third-order valence-corrected chi connectivity index (χ3v) is 2.88. The maximum Gasteiger partial charge on any atom is 0.132 e. The zero-order valence-electron chi connectivity index (χ0n) is 8.06. The van der Waals surface area contributed by atoms with E-state index in [0.29, 0.717) is 0 Å². The van der Waals surface area contributed by atoms with Crippen molar-refractivity contribution in [3.8, 4) is 0 Å². The van der Waals surface area contributed by atoms with Crippen LogP contribution in [-0.2, 0) is 0 Å². The van der Waals surface area contributed by atoms with Crippen molar-refractivity contribution in [2.24, 2.45) is 0 Å². The van der Waals surface area contributed by atoms with Crippen molar-refractivity contribution in [1.29, 1.82) is 0 Å². The molecule has 0 aliphatic carbocycles. The van der Waals surface area contributed by atoms with Crippen LogP contribution in [0.25, 0.3) is 0 Å². The summed E-state index contributed by atoms with van der Waals surface area (Å²) in [6, 6.07) is 0. The van der Waals surface area contributed by atoms with Crippen molar-refractivity contribution in [1.82, 2.24) is 0 Å². The maximum atomic E-state index is 9.73. The van der Waals surface area contributed by atoms with E-state index in [1.807, 2.05) is 0 Å². The Hall–Kier alpha value is 0.420. The van der Waals surface area contributed by atoms with Gasteiger partial charge in [-0.15, -0.1) is 23.2 Å². The Morgan fingerprint density at radius 3 is 1.86 bits per heavy atom. The van der Waals surface area contributed by atoms with E-state index in [9.17, 15) is 15.3 Å². The molecule has 0 rings (SSSR count). The SMILES string of the molecule is CC(Cl)C(O)C(O)C(O)(CO)C(C)Cl. The lowest BCUT2D eigenvalue weighted by Gasteiger charge is -2.36. The van der Waals surface area contributed by atoms with Gasteiger partial charge in [0.05, 0.1) is 23.5 Å². The highest BCUT2D eigenvalue weighted by Crippen LogP contribution is 2.24. The molecule has 0 fully saturated rings. The molecule has 0 bridgehead atoms. The Bertz CT molecular complexity index is 177. The van der Waals surface area contributed by atoms with Crippen molar-refractivity contribution < 1.29 is 20.4 Å². The van der Waals surface area contributed by atoms with E-state index in [2.05, 4.69) is 0 Å². The molecule has 0 heterocycles. The summed E-state index contributed by atoms with van der Waals surface area (Å²) in [5.74, 6) is 0. The number of rotatable bonds is 5. The first kappa shape index (κ1) is 14.4. The minimum Gasteiger partial charge on any atom is -0.393 e. The zero-order valence-corrected chi connectivity index (χ0v) is 9.57. The van der Waals surface area contributed by atoms with Gasteiger partial charge < -0.3 is 20.4 Å². The average Bonchev–Trinajstić information content (AvgIpc) is 2.13. The summed E-state index contributed by atoms with van der Waals surface area (Å²) in [7, 11) is 0. The van der Waals surface area contributed by atoms with E-state index in [1.165, 1.54) is 13.8 Å². The van der Waals surface area contributed by atoms with Gasteiger partial charge in [-0.2, -0.15) is 0 Å². The van der Waals surface area contributed by atoms with Crippen LogP contribution < -0.4 is 0 Å². The number of hydrogen-bond acceptors (Lipinski definition) is 4. The molecule has 5 unspecified atom stereocenters. The highest BCUT2D eigenvalue weighted by Gasteiger charge is 2.44. The minimum atomic E-state index is -1.95. The molecule has 0 saturated heterocycles. The average molecular weight is 247 g/mol. The second-order valence-electron chi connectivity index (χ2n) is 3.38. The van der Waals surface area contributed by atoms with Crippen molar-refractivity contribution in [2.45, 2.75) is 42.4 Å². The minimum absolute atomic E-state index is 0.750. The monoisotopic (exact) mass is 246 g/mol. The molecule has 0 aliphatic heterocycles. The molecule has 4 nitrogen and oxygen atoms in total. The molecule has 0 aromatic rings. The molecule has 0 aromatic carbocycles. The van der Waals surface area contributed by atoms with Gasteiger partial charge in [-0.25, -0.2) is 0 Å². The van der Waals surface area contributed by atoms with Crippen LogP contribution in [0.4, 0.5) is 0 Å². The van der Waals surface area contributed by atoms with E-state index in [1.54, 1.807) is 0 Å². The summed E-state index contributed by atoms with van der Waals surface area (Å²) in [5.41, 5.74) is -1.95. The fraction of sp³-hybridized carbons (Fsp3) is 1.00. The van der Waals surface area contributed by atoms with Gasteiger partial charge >= 0.3 is 0 Å². The lowest BCUT2D eigenvalue weighted by Crippen LogP contribution is -2.58. The number of aliphatic hydroxyl groups is 4. The van der Waals surface area contributed by atoms with E-state index in [0.717, 1.165) is 0 Å². The van der Waals surface area contributed by atoms with E-state index < -0.39 is 35.2 Å². The van der Waals surface area contributed by atoms with Crippen LogP contribution in [0.3, 0.4) is 0 Å². The zero-order chi connectivity index (χ0) is 11.5. The van der Waals surface area contributed by atoms with Gasteiger partial charge in [0.15, 0.2) is 0 Å². The molecular weight excluding hydrogens is 231 g/mol.